The van der Waals surface area contributed by atoms with Gasteiger partial charge in [0.1, 0.15) is 11.8 Å². The molecule has 1 amide bonds. The Hall–Kier alpha value is -2.81. The van der Waals surface area contributed by atoms with E-state index >= 15 is 0 Å². The van der Waals surface area contributed by atoms with E-state index in [0.717, 1.165) is 0 Å². The standard InChI is InChI=1S/C15H18N2O7/c1-23-8-4-2-7(3-5-8)17-15(22)24-6-9-10(11(9)13(18)19)12(16)14(20)21/h2-5,9-12H,6,16H2,1H3,(H,17,22)(H,18,19)(H,20,21). The fourth-order valence-corrected chi connectivity index (χ4v) is 2.62. The molecule has 0 radical (unpaired) electrons. The monoisotopic (exact) mass is 338 g/mol. The van der Waals surface area contributed by atoms with Crippen LogP contribution < -0.4 is 15.8 Å². The molecule has 2 rings (SSSR count). The van der Waals surface area contributed by atoms with E-state index in [0.29, 0.717) is 11.4 Å². The molecule has 1 aromatic rings. The van der Waals surface area contributed by atoms with Gasteiger partial charge in [0.15, 0.2) is 0 Å². The van der Waals surface area contributed by atoms with E-state index in [4.69, 9.17) is 25.4 Å². The van der Waals surface area contributed by atoms with Gasteiger partial charge in [-0.2, -0.15) is 0 Å². The van der Waals surface area contributed by atoms with Crippen molar-refractivity contribution >= 4 is 23.7 Å². The highest BCUT2D eigenvalue weighted by Crippen LogP contribution is 2.48. The third kappa shape index (κ3) is 3.93. The summed E-state index contributed by atoms with van der Waals surface area (Å²) in [7, 11) is 1.52. The van der Waals surface area contributed by atoms with Crippen molar-refractivity contribution in [1.29, 1.82) is 0 Å². The molecular formula is C15H18N2O7. The molecule has 0 saturated heterocycles. The number of nitrogens with two attached hydrogens (primary N) is 1. The number of rotatable bonds is 7. The van der Waals surface area contributed by atoms with Gasteiger partial charge in [0.25, 0.3) is 0 Å². The molecule has 5 N–H and O–H groups in total. The highest BCUT2D eigenvalue weighted by Gasteiger charge is 2.60. The second kappa shape index (κ2) is 7.18. The van der Waals surface area contributed by atoms with Crippen molar-refractivity contribution in [3.63, 3.8) is 0 Å². The van der Waals surface area contributed by atoms with Crippen LogP contribution in [0, 0.1) is 17.8 Å². The quantitative estimate of drug-likeness (QED) is 0.565. The van der Waals surface area contributed by atoms with Crippen LogP contribution in [-0.2, 0) is 14.3 Å². The van der Waals surface area contributed by atoms with Crippen LogP contribution in [0.25, 0.3) is 0 Å². The summed E-state index contributed by atoms with van der Waals surface area (Å²) in [5, 5.41) is 20.4. The van der Waals surface area contributed by atoms with Gasteiger partial charge in [-0.05, 0) is 24.3 Å². The van der Waals surface area contributed by atoms with Gasteiger partial charge in [0, 0.05) is 17.5 Å². The number of methoxy groups -OCH3 is 1. The Morgan fingerprint density at radius 1 is 1.25 bits per heavy atom. The fourth-order valence-electron chi connectivity index (χ4n) is 2.62. The summed E-state index contributed by atoms with van der Waals surface area (Å²) in [5.41, 5.74) is 5.94. The van der Waals surface area contributed by atoms with E-state index < -0.39 is 41.8 Å². The van der Waals surface area contributed by atoms with Gasteiger partial charge in [0.05, 0.1) is 19.6 Å². The van der Waals surface area contributed by atoms with Gasteiger partial charge in [-0.25, -0.2) is 4.79 Å². The molecule has 130 valence electrons. The number of carboxylic acids is 2. The van der Waals surface area contributed by atoms with Gasteiger partial charge < -0.3 is 25.4 Å². The Balaban J connectivity index is 1.86. The molecule has 1 aliphatic rings. The second-order valence-electron chi connectivity index (χ2n) is 5.42. The molecule has 0 aromatic heterocycles. The van der Waals surface area contributed by atoms with E-state index in [1.165, 1.54) is 7.11 Å². The van der Waals surface area contributed by atoms with E-state index in [1.54, 1.807) is 24.3 Å². The summed E-state index contributed by atoms with van der Waals surface area (Å²) in [5.74, 6) is -4.10. The molecule has 0 aliphatic heterocycles. The Morgan fingerprint density at radius 2 is 1.88 bits per heavy atom. The van der Waals surface area contributed by atoms with Crippen molar-refractivity contribution in [2.75, 3.05) is 19.0 Å². The Labute approximate surface area is 137 Å². The number of ether oxygens (including phenoxy) is 2. The fraction of sp³-hybridized carbons (Fsp3) is 0.400. The first-order valence-corrected chi connectivity index (χ1v) is 7.14. The van der Waals surface area contributed by atoms with Crippen LogP contribution in [0.15, 0.2) is 24.3 Å². The third-order valence-corrected chi connectivity index (χ3v) is 3.96. The predicted octanol–water partition coefficient (Wildman–Crippen LogP) is 0.602. The van der Waals surface area contributed by atoms with Gasteiger partial charge in [-0.1, -0.05) is 0 Å². The molecule has 1 aromatic carbocycles. The number of benzene rings is 1. The maximum Gasteiger partial charge on any atom is 0.411 e. The summed E-state index contributed by atoms with van der Waals surface area (Å²) in [6.45, 7) is -0.218. The van der Waals surface area contributed by atoms with Gasteiger partial charge in [-0.3, -0.25) is 14.9 Å². The molecule has 1 aliphatic carbocycles. The van der Waals surface area contributed by atoms with Crippen molar-refractivity contribution in [2.45, 2.75) is 6.04 Å². The number of carbonyl (C=O) groups is 3. The minimum absolute atomic E-state index is 0.218. The number of amides is 1. The average Bonchev–Trinajstić information content (AvgIpc) is 3.27. The molecule has 4 atom stereocenters. The molecular weight excluding hydrogens is 320 g/mol. The van der Waals surface area contributed by atoms with Crippen molar-refractivity contribution in [3.05, 3.63) is 24.3 Å². The SMILES string of the molecule is COc1ccc(NC(=O)OCC2C(C(=O)O)C2C(N)C(=O)O)cc1. The molecule has 9 nitrogen and oxygen atoms in total. The summed E-state index contributed by atoms with van der Waals surface area (Å²) < 4.78 is 9.96. The van der Waals surface area contributed by atoms with Gasteiger partial charge in [0.2, 0.25) is 0 Å². The molecule has 24 heavy (non-hydrogen) atoms. The van der Waals surface area contributed by atoms with E-state index in [2.05, 4.69) is 5.32 Å². The maximum absolute atomic E-state index is 11.7. The van der Waals surface area contributed by atoms with Crippen molar-refractivity contribution < 1.29 is 34.1 Å². The number of nitrogens with one attached hydrogen (secondary N) is 1. The van der Waals surface area contributed by atoms with Gasteiger partial charge >= 0.3 is 18.0 Å². The molecule has 9 heteroatoms. The lowest BCUT2D eigenvalue weighted by Gasteiger charge is -2.08. The molecule has 1 fully saturated rings. The first kappa shape index (κ1) is 17.5. The van der Waals surface area contributed by atoms with Crippen molar-refractivity contribution in [2.24, 2.45) is 23.5 Å². The van der Waals surface area contributed by atoms with Crippen LogP contribution in [-0.4, -0.2) is 48.0 Å². The second-order valence-corrected chi connectivity index (χ2v) is 5.42. The summed E-state index contributed by atoms with van der Waals surface area (Å²) in [4.78, 5) is 33.7. The lowest BCUT2D eigenvalue weighted by Crippen LogP contribution is -2.34. The first-order valence-electron chi connectivity index (χ1n) is 7.14. The number of carbonyl (C=O) groups excluding carboxylic acids is 1. The molecule has 0 spiro atoms. The highest BCUT2D eigenvalue weighted by molar-refractivity contribution is 5.85. The minimum atomic E-state index is -1.30. The number of hydrogen-bond acceptors (Lipinski definition) is 6. The largest absolute Gasteiger partial charge is 0.497 e. The molecule has 1 saturated carbocycles. The Morgan fingerprint density at radius 3 is 2.38 bits per heavy atom. The third-order valence-electron chi connectivity index (χ3n) is 3.96. The van der Waals surface area contributed by atoms with Crippen LogP contribution >= 0.6 is 0 Å². The van der Waals surface area contributed by atoms with Crippen LogP contribution in [0.1, 0.15) is 0 Å². The Bertz CT molecular complexity index is 631. The van der Waals surface area contributed by atoms with Crippen LogP contribution in [0.3, 0.4) is 0 Å². The first-order chi connectivity index (χ1) is 11.3. The Kier molecular flexibility index (Phi) is 5.24. The smallest absolute Gasteiger partial charge is 0.411 e. The summed E-state index contributed by atoms with van der Waals surface area (Å²) in [6, 6.07) is 5.22. The van der Waals surface area contributed by atoms with E-state index in [1.807, 2.05) is 0 Å². The predicted molar refractivity (Wildman–Crippen MR) is 81.7 cm³/mol. The molecule has 4 unspecified atom stereocenters. The number of hydrogen-bond donors (Lipinski definition) is 4. The summed E-state index contributed by atoms with van der Waals surface area (Å²) >= 11 is 0. The zero-order chi connectivity index (χ0) is 17.9. The lowest BCUT2D eigenvalue weighted by molar-refractivity contribution is -0.140. The van der Waals surface area contributed by atoms with Crippen LogP contribution in [0.4, 0.5) is 10.5 Å². The number of aliphatic carboxylic acids is 2. The molecule has 0 heterocycles. The topological polar surface area (TPSA) is 148 Å². The zero-order valence-corrected chi connectivity index (χ0v) is 12.8. The lowest BCUT2D eigenvalue weighted by atomic mass is 10.1. The van der Waals surface area contributed by atoms with Crippen molar-refractivity contribution in [3.8, 4) is 5.75 Å². The van der Waals surface area contributed by atoms with Crippen LogP contribution in [0.5, 0.6) is 5.75 Å². The highest BCUT2D eigenvalue weighted by atomic mass is 16.5. The average molecular weight is 338 g/mol. The number of anilines is 1. The molecule has 0 bridgehead atoms. The minimum Gasteiger partial charge on any atom is -0.497 e. The normalized spacial score (nSPS) is 23.0. The summed E-state index contributed by atoms with van der Waals surface area (Å²) in [6.07, 6.45) is -0.765. The van der Waals surface area contributed by atoms with Crippen molar-refractivity contribution in [1.82, 2.24) is 0 Å². The number of carboxylic acid groups (broad SMARTS) is 2. The van der Waals surface area contributed by atoms with Crippen LogP contribution in [0.2, 0.25) is 0 Å². The maximum atomic E-state index is 11.7. The zero-order valence-electron chi connectivity index (χ0n) is 12.8. The van der Waals surface area contributed by atoms with E-state index in [9.17, 15) is 14.4 Å². The van der Waals surface area contributed by atoms with Gasteiger partial charge in [-0.15, -0.1) is 0 Å². The van der Waals surface area contributed by atoms with E-state index in [-0.39, 0.29) is 6.61 Å².